The van der Waals surface area contributed by atoms with Gasteiger partial charge in [0, 0.05) is 12.4 Å². The van der Waals surface area contributed by atoms with Gasteiger partial charge in [-0.2, -0.15) is 0 Å². The van der Waals surface area contributed by atoms with E-state index in [2.05, 4.69) is 4.98 Å². The van der Waals surface area contributed by atoms with Crippen LogP contribution in [0.25, 0.3) is 0 Å². The second-order valence-electron chi connectivity index (χ2n) is 1.50. The first-order chi connectivity index (χ1) is 3.93. The zero-order valence-corrected chi connectivity index (χ0v) is 4.45. The lowest BCUT2D eigenvalue weighted by Crippen LogP contribution is -1.96. The van der Waals surface area contributed by atoms with Crippen LogP contribution >= 0.6 is 0 Å². The number of aromatic nitrogens is 2. The molecule has 0 aliphatic rings. The van der Waals surface area contributed by atoms with Crippen molar-refractivity contribution in [1.29, 1.82) is 0 Å². The van der Waals surface area contributed by atoms with Crippen molar-refractivity contribution in [3.63, 3.8) is 0 Å². The van der Waals surface area contributed by atoms with Crippen LogP contribution in [0, 0.1) is 0 Å². The predicted octanol–water partition coefficient (Wildman–Crippen LogP) is 0.314. The Balaban J connectivity index is 2.50. The summed E-state index contributed by atoms with van der Waals surface area (Å²) in [5, 5.41) is 9.95. The minimum absolute atomic E-state index is 0.0731. The lowest BCUT2D eigenvalue weighted by atomic mass is 10.7. The molecule has 3 heteroatoms. The van der Waals surface area contributed by atoms with Crippen LogP contribution in [0.4, 0.5) is 0 Å². The highest BCUT2D eigenvalue weighted by Gasteiger charge is 1.83. The molecule has 3 nitrogen and oxygen atoms in total. The molecular weight excluding hydrogens is 104 g/mol. The monoisotopic (exact) mass is 111 g/mol. The van der Waals surface area contributed by atoms with Gasteiger partial charge in [0.25, 0.3) is 0 Å². The molecular formula is C5H7N2O. The lowest BCUT2D eigenvalue weighted by Gasteiger charge is -1.91. The average molecular weight is 111 g/mol. The van der Waals surface area contributed by atoms with Crippen molar-refractivity contribution in [2.24, 2.45) is 0 Å². The van der Waals surface area contributed by atoms with Gasteiger partial charge in [-0.1, -0.05) is 0 Å². The minimum atomic E-state index is -0.0731. The van der Waals surface area contributed by atoms with Crippen LogP contribution in [0.5, 0.6) is 0 Å². The molecule has 1 radical (unpaired) electrons. The van der Waals surface area contributed by atoms with Crippen molar-refractivity contribution in [2.75, 3.05) is 6.61 Å². The maximum Gasteiger partial charge on any atom is 0.100 e. The third-order valence-electron chi connectivity index (χ3n) is 0.909. The molecule has 1 aromatic rings. The van der Waals surface area contributed by atoms with Crippen LogP contribution in [0.1, 0.15) is 0 Å². The van der Waals surface area contributed by atoms with Gasteiger partial charge in [0.1, 0.15) is 6.61 Å². The van der Waals surface area contributed by atoms with Gasteiger partial charge in [-0.25, -0.2) is 10.1 Å². The Morgan fingerprint density at radius 1 is 1.62 bits per heavy atom. The lowest BCUT2D eigenvalue weighted by molar-refractivity contribution is 0.180. The Morgan fingerprint density at radius 3 is 3.00 bits per heavy atom. The minimum Gasteiger partial charge on any atom is -0.335 e. The standard InChI is InChI=1S/C5H7N2O/c8-4-3-7-2-1-6-5-7/h1-2,5H,3-4H2. The summed E-state index contributed by atoms with van der Waals surface area (Å²) in [4.78, 5) is 3.76. The average Bonchev–Trinajstić information content (AvgIpc) is 2.19. The number of imidazole rings is 1. The van der Waals surface area contributed by atoms with Gasteiger partial charge in [-0.3, -0.25) is 0 Å². The maximum absolute atomic E-state index is 9.95. The summed E-state index contributed by atoms with van der Waals surface area (Å²) in [5.74, 6) is 0. The van der Waals surface area contributed by atoms with Crippen LogP contribution in [0.15, 0.2) is 18.7 Å². The maximum atomic E-state index is 9.95. The van der Waals surface area contributed by atoms with Crippen molar-refractivity contribution < 1.29 is 5.11 Å². The highest BCUT2D eigenvalue weighted by Crippen LogP contribution is 1.82. The second-order valence-corrected chi connectivity index (χ2v) is 1.50. The molecule has 0 fully saturated rings. The fourth-order valence-corrected chi connectivity index (χ4v) is 0.524. The van der Waals surface area contributed by atoms with E-state index < -0.39 is 0 Å². The molecule has 0 saturated heterocycles. The zero-order valence-electron chi connectivity index (χ0n) is 4.45. The molecule has 1 aromatic heterocycles. The molecule has 0 aromatic carbocycles. The normalized spacial score (nSPS) is 9.62. The summed E-state index contributed by atoms with van der Waals surface area (Å²) < 4.78 is 1.76. The second kappa shape index (κ2) is 2.47. The molecule has 1 heterocycles. The highest BCUT2D eigenvalue weighted by atomic mass is 16.3. The van der Waals surface area contributed by atoms with Crippen molar-refractivity contribution in [1.82, 2.24) is 9.55 Å². The van der Waals surface area contributed by atoms with Crippen LogP contribution in [0.2, 0.25) is 0 Å². The molecule has 8 heavy (non-hydrogen) atoms. The van der Waals surface area contributed by atoms with Crippen molar-refractivity contribution in [3.05, 3.63) is 18.7 Å². The third-order valence-corrected chi connectivity index (χ3v) is 0.909. The SMILES string of the molecule is [O]CCn1ccnc1. The first-order valence-electron chi connectivity index (χ1n) is 2.47. The van der Waals surface area contributed by atoms with Crippen LogP contribution < -0.4 is 0 Å². The fraction of sp³-hybridized carbons (Fsp3) is 0.400. The summed E-state index contributed by atoms with van der Waals surface area (Å²) in [7, 11) is 0. The van der Waals surface area contributed by atoms with Gasteiger partial charge in [0.05, 0.1) is 12.9 Å². The number of rotatable bonds is 2. The summed E-state index contributed by atoms with van der Waals surface area (Å²) in [6, 6.07) is 0. The van der Waals surface area contributed by atoms with Gasteiger partial charge in [-0.15, -0.1) is 0 Å². The van der Waals surface area contributed by atoms with E-state index in [1.165, 1.54) is 0 Å². The Labute approximate surface area is 47.6 Å². The van der Waals surface area contributed by atoms with Crippen molar-refractivity contribution in [2.45, 2.75) is 6.54 Å². The Hall–Kier alpha value is -0.830. The molecule has 0 amide bonds. The summed E-state index contributed by atoms with van der Waals surface area (Å²) >= 11 is 0. The van der Waals surface area contributed by atoms with E-state index in [-0.39, 0.29) is 6.61 Å². The molecule has 0 unspecified atom stereocenters. The van der Waals surface area contributed by atoms with E-state index in [0.29, 0.717) is 6.54 Å². The molecule has 0 bridgehead atoms. The van der Waals surface area contributed by atoms with Gasteiger partial charge in [0.15, 0.2) is 0 Å². The zero-order chi connectivity index (χ0) is 5.82. The predicted molar refractivity (Wildman–Crippen MR) is 27.8 cm³/mol. The summed E-state index contributed by atoms with van der Waals surface area (Å²) in [5.41, 5.74) is 0. The molecule has 43 valence electrons. The molecule has 0 atom stereocenters. The van der Waals surface area contributed by atoms with Gasteiger partial charge < -0.3 is 4.57 Å². The number of hydrogen-bond acceptors (Lipinski definition) is 1. The Kier molecular flexibility index (Phi) is 1.64. The molecule has 0 aliphatic carbocycles. The van der Waals surface area contributed by atoms with Gasteiger partial charge >= 0.3 is 0 Å². The number of nitrogens with zero attached hydrogens (tertiary/aromatic N) is 2. The largest absolute Gasteiger partial charge is 0.335 e. The quantitative estimate of drug-likeness (QED) is 0.541. The van der Waals surface area contributed by atoms with Crippen LogP contribution in [0.3, 0.4) is 0 Å². The fourth-order valence-electron chi connectivity index (χ4n) is 0.524. The van der Waals surface area contributed by atoms with E-state index in [9.17, 15) is 5.11 Å². The van der Waals surface area contributed by atoms with E-state index in [0.717, 1.165) is 0 Å². The third kappa shape index (κ3) is 1.07. The Bertz CT molecular complexity index is 136. The van der Waals surface area contributed by atoms with Crippen LogP contribution in [-0.2, 0) is 11.7 Å². The first kappa shape index (κ1) is 5.31. The summed E-state index contributed by atoms with van der Waals surface area (Å²) in [6.45, 7) is 0.455. The molecule has 0 aliphatic heterocycles. The van der Waals surface area contributed by atoms with Crippen molar-refractivity contribution in [3.8, 4) is 0 Å². The number of hydrogen-bond donors (Lipinski definition) is 0. The Morgan fingerprint density at radius 2 is 2.50 bits per heavy atom. The molecule has 0 spiro atoms. The highest BCUT2D eigenvalue weighted by molar-refractivity contribution is 4.73. The van der Waals surface area contributed by atoms with E-state index in [1.54, 1.807) is 23.3 Å². The van der Waals surface area contributed by atoms with E-state index >= 15 is 0 Å². The molecule has 0 saturated carbocycles. The van der Waals surface area contributed by atoms with Gasteiger partial charge in [0.2, 0.25) is 0 Å². The first-order valence-corrected chi connectivity index (χ1v) is 2.47. The smallest absolute Gasteiger partial charge is 0.100 e. The van der Waals surface area contributed by atoms with E-state index in [4.69, 9.17) is 0 Å². The van der Waals surface area contributed by atoms with E-state index in [1.807, 2.05) is 0 Å². The van der Waals surface area contributed by atoms with Crippen LogP contribution in [-0.4, -0.2) is 16.2 Å². The van der Waals surface area contributed by atoms with Crippen molar-refractivity contribution >= 4 is 0 Å². The molecule has 1 rings (SSSR count). The molecule has 0 N–H and O–H groups in total. The van der Waals surface area contributed by atoms with Gasteiger partial charge in [-0.05, 0) is 0 Å². The summed E-state index contributed by atoms with van der Waals surface area (Å²) in [6.07, 6.45) is 5.07. The topological polar surface area (TPSA) is 37.7 Å².